The van der Waals surface area contributed by atoms with E-state index in [1.807, 2.05) is 41.3 Å². The lowest BCUT2D eigenvalue weighted by atomic mass is 10.3. The first-order valence-electron chi connectivity index (χ1n) is 8.44. The summed E-state index contributed by atoms with van der Waals surface area (Å²) >= 11 is 0. The van der Waals surface area contributed by atoms with Crippen molar-refractivity contribution in [1.29, 1.82) is 0 Å². The Kier molecular flexibility index (Phi) is 4.74. The van der Waals surface area contributed by atoms with Crippen molar-refractivity contribution in [3.8, 4) is 5.88 Å². The number of ether oxygens (including phenoxy) is 2. The van der Waals surface area contributed by atoms with Crippen molar-refractivity contribution in [2.45, 2.75) is 25.8 Å². The summed E-state index contributed by atoms with van der Waals surface area (Å²) in [6, 6.07) is 7.78. The van der Waals surface area contributed by atoms with Crippen LogP contribution in [0.2, 0.25) is 0 Å². The lowest BCUT2D eigenvalue weighted by Crippen LogP contribution is -2.33. The monoisotopic (exact) mass is 352 g/mol. The van der Waals surface area contributed by atoms with Gasteiger partial charge in [0.1, 0.15) is 12.1 Å². The van der Waals surface area contributed by atoms with E-state index < -0.39 is 0 Å². The first kappa shape index (κ1) is 16.5. The molecule has 8 nitrogen and oxygen atoms in total. The normalized spacial score (nSPS) is 16.8. The Bertz CT molecular complexity index is 854. The molecule has 0 fully saturated rings. The number of rotatable bonds is 5. The summed E-state index contributed by atoms with van der Waals surface area (Å²) in [6.07, 6.45) is 6.88. The van der Waals surface area contributed by atoms with Crippen LogP contribution in [0.5, 0.6) is 5.88 Å². The Morgan fingerprint density at radius 1 is 1.19 bits per heavy atom. The van der Waals surface area contributed by atoms with E-state index in [-0.39, 0.29) is 6.10 Å². The van der Waals surface area contributed by atoms with Gasteiger partial charge in [-0.15, -0.1) is 0 Å². The van der Waals surface area contributed by atoms with Crippen LogP contribution >= 0.6 is 0 Å². The Morgan fingerprint density at radius 2 is 2.15 bits per heavy atom. The smallest absolute Gasteiger partial charge is 0.218 e. The highest BCUT2D eigenvalue weighted by atomic mass is 16.5. The predicted molar refractivity (Wildman–Crippen MR) is 94.7 cm³/mol. The number of hydrogen-bond acceptors (Lipinski definition) is 7. The summed E-state index contributed by atoms with van der Waals surface area (Å²) in [5.41, 5.74) is 2.17. The van der Waals surface area contributed by atoms with Gasteiger partial charge in [-0.25, -0.2) is 9.97 Å². The van der Waals surface area contributed by atoms with Gasteiger partial charge in [-0.1, -0.05) is 6.07 Å². The summed E-state index contributed by atoms with van der Waals surface area (Å²) in [5.74, 6) is 1.35. The molecule has 3 aromatic heterocycles. The number of hydrogen-bond donors (Lipinski definition) is 0. The molecule has 0 saturated carbocycles. The minimum atomic E-state index is -0.0303. The number of aromatic nitrogens is 5. The molecule has 0 aromatic carbocycles. The van der Waals surface area contributed by atoms with E-state index in [2.05, 4.69) is 25.0 Å². The Hall–Kier alpha value is -3.00. The molecule has 0 saturated heterocycles. The number of anilines is 1. The molecule has 1 atom stereocenters. The van der Waals surface area contributed by atoms with Gasteiger partial charge in [0.25, 0.3) is 0 Å². The number of pyridine rings is 1. The average molecular weight is 352 g/mol. The highest BCUT2D eigenvalue weighted by Crippen LogP contribution is 2.22. The molecule has 0 amide bonds. The Labute approximate surface area is 151 Å². The first-order valence-corrected chi connectivity index (χ1v) is 8.44. The van der Waals surface area contributed by atoms with E-state index in [9.17, 15) is 0 Å². The molecule has 0 radical (unpaired) electrons. The highest BCUT2D eigenvalue weighted by Gasteiger charge is 2.24. The molecule has 0 spiro atoms. The molecule has 1 aliphatic rings. The van der Waals surface area contributed by atoms with Crippen LogP contribution in [-0.4, -0.2) is 44.5 Å². The maximum absolute atomic E-state index is 6.17. The zero-order valence-corrected chi connectivity index (χ0v) is 14.5. The van der Waals surface area contributed by atoms with Gasteiger partial charge in [0.15, 0.2) is 0 Å². The summed E-state index contributed by atoms with van der Waals surface area (Å²) in [7, 11) is 1.60. The topological polar surface area (TPSA) is 78.2 Å². The highest BCUT2D eigenvalue weighted by molar-refractivity contribution is 5.41. The molecule has 4 heterocycles. The number of nitrogens with zero attached hydrogens (tertiary/aromatic N) is 6. The van der Waals surface area contributed by atoms with E-state index >= 15 is 0 Å². The average Bonchev–Trinajstić information content (AvgIpc) is 3.05. The van der Waals surface area contributed by atoms with E-state index in [1.54, 1.807) is 13.3 Å². The molecule has 4 rings (SSSR count). The van der Waals surface area contributed by atoms with Gasteiger partial charge >= 0.3 is 0 Å². The fourth-order valence-corrected chi connectivity index (χ4v) is 3.01. The summed E-state index contributed by atoms with van der Waals surface area (Å²) < 4.78 is 13.4. The third-order valence-electron chi connectivity index (χ3n) is 4.33. The second-order valence-electron chi connectivity index (χ2n) is 6.10. The van der Waals surface area contributed by atoms with Crippen LogP contribution in [-0.2, 0) is 24.4 Å². The molecular formula is C18H20N6O2. The van der Waals surface area contributed by atoms with Gasteiger partial charge in [-0.2, -0.15) is 5.10 Å². The van der Waals surface area contributed by atoms with Crippen LogP contribution in [0.1, 0.15) is 11.3 Å². The van der Waals surface area contributed by atoms with E-state index in [0.717, 1.165) is 17.1 Å². The summed E-state index contributed by atoms with van der Waals surface area (Å²) in [4.78, 5) is 14.8. The molecule has 0 unspecified atom stereocenters. The zero-order valence-electron chi connectivity index (χ0n) is 14.5. The van der Waals surface area contributed by atoms with Gasteiger partial charge in [-0.3, -0.25) is 9.67 Å². The van der Waals surface area contributed by atoms with Crippen LogP contribution in [0.3, 0.4) is 0 Å². The molecule has 1 aliphatic heterocycles. The second kappa shape index (κ2) is 7.49. The molecule has 0 N–H and O–H groups in total. The second-order valence-corrected chi connectivity index (χ2v) is 6.10. The van der Waals surface area contributed by atoms with Crippen molar-refractivity contribution in [1.82, 2.24) is 24.7 Å². The van der Waals surface area contributed by atoms with Gasteiger partial charge in [0, 0.05) is 31.2 Å². The number of methoxy groups -OCH3 is 1. The van der Waals surface area contributed by atoms with Gasteiger partial charge in [-0.05, 0) is 17.7 Å². The molecule has 26 heavy (non-hydrogen) atoms. The van der Waals surface area contributed by atoms with Crippen molar-refractivity contribution in [2.75, 3.05) is 18.6 Å². The molecule has 3 aromatic rings. The standard InChI is InChI=1S/C18H20N6O2/c1-25-18-7-17(20-13-21-18)23-9-15-4-6-22-24(15)11-16(10-23)26-12-14-3-2-5-19-8-14/h2-8,13,16H,9-12H2,1H3/t16-/m0/s1. The number of fused-ring (bicyclic) bond motifs is 1. The Balaban J connectivity index is 1.55. The van der Waals surface area contributed by atoms with E-state index in [0.29, 0.717) is 32.1 Å². The van der Waals surface area contributed by atoms with Crippen molar-refractivity contribution < 1.29 is 9.47 Å². The maximum Gasteiger partial charge on any atom is 0.218 e. The van der Waals surface area contributed by atoms with Gasteiger partial charge in [0.05, 0.1) is 38.6 Å². The molecular weight excluding hydrogens is 332 g/mol. The SMILES string of the molecule is COc1cc(N2Cc3ccnn3C[C@@H](OCc3cccnc3)C2)ncn1. The van der Waals surface area contributed by atoms with Crippen molar-refractivity contribution in [3.05, 3.63) is 60.4 Å². The van der Waals surface area contributed by atoms with E-state index in [1.165, 1.54) is 6.33 Å². The van der Waals surface area contributed by atoms with Crippen molar-refractivity contribution in [2.24, 2.45) is 0 Å². The molecule has 134 valence electrons. The lowest BCUT2D eigenvalue weighted by molar-refractivity contribution is 0.0338. The van der Waals surface area contributed by atoms with Crippen molar-refractivity contribution in [3.63, 3.8) is 0 Å². The largest absolute Gasteiger partial charge is 0.481 e. The third-order valence-corrected chi connectivity index (χ3v) is 4.33. The summed E-state index contributed by atoms with van der Waals surface area (Å²) in [6.45, 7) is 2.61. The lowest BCUT2D eigenvalue weighted by Gasteiger charge is -2.25. The van der Waals surface area contributed by atoms with Crippen LogP contribution in [0.25, 0.3) is 0 Å². The maximum atomic E-state index is 6.17. The van der Waals surface area contributed by atoms with Crippen molar-refractivity contribution >= 4 is 5.82 Å². The van der Waals surface area contributed by atoms with Crippen LogP contribution in [0.15, 0.2) is 49.2 Å². The third kappa shape index (κ3) is 3.65. The first-order chi connectivity index (χ1) is 12.8. The molecule has 0 bridgehead atoms. The predicted octanol–water partition coefficient (Wildman–Crippen LogP) is 1.68. The van der Waals surface area contributed by atoms with Gasteiger partial charge < -0.3 is 14.4 Å². The minimum Gasteiger partial charge on any atom is -0.481 e. The van der Waals surface area contributed by atoms with Crippen LogP contribution in [0, 0.1) is 0 Å². The quantitative estimate of drug-likeness (QED) is 0.691. The van der Waals surface area contributed by atoms with Crippen LogP contribution < -0.4 is 9.64 Å². The summed E-state index contributed by atoms with van der Waals surface area (Å²) in [5, 5.41) is 4.42. The van der Waals surface area contributed by atoms with Crippen LogP contribution in [0.4, 0.5) is 5.82 Å². The van der Waals surface area contributed by atoms with E-state index in [4.69, 9.17) is 9.47 Å². The van der Waals surface area contributed by atoms with Gasteiger partial charge in [0.2, 0.25) is 5.88 Å². The fraction of sp³-hybridized carbons (Fsp3) is 0.333. The molecule has 0 aliphatic carbocycles. The molecule has 8 heteroatoms. The zero-order chi connectivity index (χ0) is 17.8. The minimum absolute atomic E-state index is 0.0303. The Morgan fingerprint density at radius 3 is 3.00 bits per heavy atom. The fourth-order valence-electron chi connectivity index (χ4n) is 3.01.